The summed E-state index contributed by atoms with van der Waals surface area (Å²) in [5.74, 6) is 0. The fraction of sp³-hybridized carbons (Fsp3) is 0.538. The summed E-state index contributed by atoms with van der Waals surface area (Å²) in [5.41, 5.74) is 0.999. The molecule has 17 heavy (non-hydrogen) atoms. The summed E-state index contributed by atoms with van der Waals surface area (Å²) in [6, 6.07) is 9.83. The fourth-order valence-electron chi connectivity index (χ4n) is 2.43. The molecule has 0 saturated carbocycles. The molecule has 2 aliphatic rings. The monoisotopic (exact) mass is 236 g/mol. The first-order valence-electron chi connectivity index (χ1n) is 5.93. The molecule has 2 saturated heterocycles. The Morgan fingerprint density at radius 2 is 1.88 bits per heavy atom. The SMILES string of the molecule is C[C@H]1O[C@@H](c2ccccc2)O[C@@H]2CC(O)O[C@H]12. The Kier molecular flexibility index (Phi) is 2.88. The first kappa shape index (κ1) is 11.2. The van der Waals surface area contributed by atoms with Gasteiger partial charge in [0.1, 0.15) is 6.10 Å². The maximum absolute atomic E-state index is 9.48. The molecule has 5 atom stereocenters. The minimum atomic E-state index is -0.731. The Labute approximate surface area is 100 Å². The van der Waals surface area contributed by atoms with Crippen molar-refractivity contribution < 1.29 is 19.3 Å². The van der Waals surface area contributed by atoms with Crippen molar-refractivity contribution in [2.24, 2.45) is 0 Å². The molecule has 4 heteroatoms. The molecule has 1 unspecified atom stereocenters. The second-order valence-electron chi connectivity index (χ2n) is 4.55. The number of fused-ring (bicyclic) bond motifs is 1. The van der Waals surface area contributed by atoms with Gasteiger partial charge in [-0.15, -0.1) is 0 Å². The third-order valence-electron chi connectivity index (χ3n) is 3.29. The molecule has 0 amide bonds. The van der Waals surface area contributed by atoms with Crippen LogP contribution in [0.4, 0.5) is 0 Å². The summed E-state index contributed by atoms with van der Waals surface area (Å²) in [6.07, 6.45) is -0.895. The Hall–Kier alpha value is -0.940. The number of ether oxygens (including phenoxy) is 3. The topological polar surface area (TPSA) is 47.9 Å². The molecule has 1 aromatic carbocycles. The molecule has 2 aliphatic heterocycles. The van der Waals surface area contributed by atoms with Crippen LogP contribution < -0.4 is 0 Å². The van der Waals surface area contributed by atoms with Gasteiger partial charge >= 0.3 is 0 Å². The van der Waals surface area contributed by atoms with E-state index in [1.54, 1.807) is 0 Å². The van der Waals surface area contributed by atoms with Gasteiger partial charge in [0.05, 0.1) is 12.2 Å². The third kappa shape index (κ3) is 2.09. The van der Waals surface area contributed by atoms with Crippen molar-refractivity contribution in [1.29, 1.82) is 0 Å². The van der Waals surface area contributed by atoms with Crippen LogP contribution in [0.15, 0.2) is 30.3 Å². The van der Waals surface area contributed by atoms with Gasteiger partial charge < -0.3 is 19.3 Å². The van der Waals surface area contributed by atoms with Crippen LogP contribution in [-0.2, 0) is 14.2 Å². The molecule has 92 valence electrons. The summed E-state index contributed by atoms with van der Waals surface area (Å²) < 4.78 is 17.0. The predicted molar refractivity (Wildman–Crippen MR) is 60.1 cm³/mol. The summed E-state index contributed by atoms with van der Waals surface area (Å²) >= 11 is 0. The number of benzene rings is 1. The molecular formula is C13H16O4. The van der Waals surface area contributed by atoms with Gasteiger partial charge in [0.15, 0.2) is 12.6 Å². The maximum Gasteiger partial charge on any atom is 0.184 e. The van der Waals surface area contributed by atoms with E-state index in [2.05, 4.69) is 0 Å². The number of hydrogen-bond acceptors (Lipinski definition) is 4. The van der Waals surface area contributed by atoms with Crippen LogP contribution >= 0.6 is 0 Å². The molecule has 0 bridgehead atoms. The summed E-state index contributed by atoms with van der Waals surface area (Å²) in [7, 11) is 0. The quantitative estimate of drug-likeness (QED) is 0.804. The minimum absolute atomic E-state index is 0.0730. The van der Waals surface area contributed by atoms with Crippen LogP contribution in [0.25, 0.3) is 0 Å². The maximum atomic E-state index is 9.48. The second-order valence-corrected chi connectivity index (χ2v) is 4.55. The predicted octanol–water partition coefficient (Wildman–Crippen LogP) is 1.60. The lowest BCUT2D eigenvalue weighted by Crippen LogP contribution is -2.43. The van der Waals surface area contributed by atoms with Crippen LogP contribution in [0.1, 0.15) is 25.2 Å². The molecule has 0 aromatic heterocycles. The lowest BCUT2D eigenvalue weighted by Gasteiger charge is -2.36. The number of hydrogen-bond donors (Lipinski definition) is 1. The van der Waals surface area contributed by atoms with E-state index in [1.807, 2.05) is 37.3 Å². The second kappa shape index (κ2) is 4.38. The van der Waals surface area contributed by atoms with Crippen molar-refractivity contribution >= 4 is 0 Å². The third-order valence-corrected chi connectivity index (χ3v) is 3.29. The van der Waals surface area contributed by atoms with Gasteiger partial charge in [-0.3, -0.25) is 0 Å². The summed E-state index contributed by atoms with van der Waals surface area (Å²) in [4.78, 5) is 0. The summed E-state index contributed by atoms with van der Waals surface area (Å²) in [6.45, 7) is 1.95. The zero-order valence-corrected chi connectivity index (χ0v) is 9.65. The van der Waals surface area contributed by atoms with E-state index in [1.165, 1.54) is 0 Å². The van der Waals surface area contributed by atoms with Crippen LogP contribution in [0.2, 0.25) is 0 Å². The normalized spacial score (nSPS) is 41.2. The molecule has 1 aromatic rings. The van der Waals surface area contributed by atoms with E-state index in [-0.39, 0.29) is 24.6 Å². The largest absolute Gasteiger partial charge is 0.368 e. The van der Waals surface area contributed by atoms with E-state index >= 15 is 0 Å². The van der Waals surface area contributed by atoms with Crippen LogP contribution in [0.3, 0.4) is 0 Å². The lowest BCUT2D eigenvalue weighted by molar-refractivity contribution is -0.277. The highest BCUT2D eigenvalue weighted by molar-refractivity contribution is 5.16. The highest BCUT2D eigenvalue weighted by Crippen LogP contribution is 2.36. The average molecular weight is 236 g/mol. The Balaban J connectivity index is 1.78. The standard InChI is InChI=1S/C13H16O4/c1-8-12-10(7-11(14)17-12)16-13(15-8)9-5-3-2-4-6-9/h2-6,8,10-14H,7H2,1H3/t8-,10-,11?,12-,13-/m1/s1. The zero-order valence-electron chi connectivity index (χ0n) is 9.65. The molecule has 2 fully saturated rings. The first-order chi connectivity index (χ1) is 8.24. The smallest absolute Gasteiger partial charge is 0.184 e. The highest BCUT2D eigenvalue weighted by Gasteiger charge is 2.45. The van der Waals surface area contributed by atoms with Gasteiger partial charge in [-0.05, 0) is 6.92 Å². The van der Waals surface area contributed by atoms with E-state index in [0.29, 0.717) is 6.42 Å². The summed E-state index contributed by atoms with van der Waals surface area (Å²) in [5, 5.41) is 9.48. The number of aliphatic hydroxyl groups is 1. The van der Waals surface area contributed by atoms with Crippen LogP contribution in [0.5, 0.6) is 0 Å². The van der Waals surface area contributed by atoms with E-state index in [0.717, 1.165) is 5.56 Å². The molecule has 0 aliphatic carbocycles. The Morgan fingerprint density at radius 1 is 1.12 bits per heavy atom. The highest BCUT2D eigenvalue weighted by atomic mass is 16.7. The van der Waals surface area contributed by atoms with Gasteiger partial charge in [-0.1, -0.05) is 30.3 Å². The minimum Gasteiger partial charge on any atom is -0.368 e. The molecule has 2 heterocycles. The molecule has 3 rings (SSSR count). The Bertz CT molecular complexity index is 380. The van der Waals surface area contributed by atoms with Crippen molar-refractivity contribution in [3.05, 3.63) is 35.9 Å². The first-order valence-corrected chi connectivity index (χ1v) is 5.93. The van der Waals surface area contributed by atoms with Crippen molar-refractivity contribution in [3.63, 3.8) is 0 Å². The lowest BCUT2D eigenvalue weighted by atomic mass is 10.1. The van der Waals surface area contributed by atoms with Gasteiger partial charge in [-0.25, -0.2) is 0 Å². The van der Waals surface area contributed by atoms with Crippen molar-refractivity contribution in [3.8, 4) is 0 Å². The molecule has 0 radical (unpaired) electrons. The molecule has 0 spiro atoms. The van der Waals surface area contributed by atoms with E-state index < -0.39 is 6.29 Å². The van der Waals surface area contributed by atoms with Crippen molar-refractivity contribution in [1.82, 2.24) is 0 Å². The van der Waals surface area contributed by atoms with E-state index in [9.17, 15) is 5.11 Å². The van der Waals surface area contributed by atoms with Gasteiger partial charge in [0.25, 0.3) is 0 Å². The van der Waals surface area contributed by atoms with Crippen molar-refractivity contribution in [2.45, 2.75) is 44.2 Å². The van der Waals surface area contributed by atoms with Gasteiger partial charge in [0.2, 0.25) is 0 Å². The fourth-order valence-corrected chi connectivity index (χ4v) is 2.43. The average Bonchev–Trinajstić information content (AvgIpc) is 2.71. The molecule has 1 N–H and O–H groups in total. The molecular weight excluding hydrogens is 220 g/mol. The Morgan fingerprint density at radius 3 is 2.65 bits per heavy atom. The zero-order chi connectivity index (χ0) is 11.8. The molecule has 4 nitrogen and oxygen atoms in total. The number of rotatable bonds is 1. The van der Waals surface area contributed by atoms with Crippen molar-refractivity contribution in [2.75, 3.05) is 0 Å². The van der Waals surface area contributed by atoms with E-state index in [4.69, 9.17) is 14.2 Å². The van der Waals surface area contributed by atoms with Crippen LogP contribution in [0, 0.1) is 0 Å². The van der Waals surface area contributed by atoms with Gasteiger partial charge in [-0.2, -0.15) is 0 Å². The van der Waals surface area contributed by atoms with Gasteiger partial charge in [0, 0.05) is 12.0 Å². The van der Waals surface area contributed by atoms with Crippen LogP contribution in [-0.4, -0.2) is 29.7 Å². The number of aliphatic hydroxyl groups excluding tert-OH is 1.